The topological polar surface area (TPSA) is 64.1 Å². The van der Waals surface area contributed by atoms with Gasteiger partial charge in [-0.15, -0.1) is 0 Å². The van der Waals surface area contributed by atoms with Crippen molar-refractivity contribution in [1.82, 2.24) is 9.97 Å². The van der Waals surface area contributed by atoms with Crippen LogP contribution in [-0.2, 0) is 4.74 Å². The molecule has 19 heavy (non-hydrogen) atoms. The molecular formula is C13H21N3O2S. The zero-order chi connectivity index (χ0) is 14.4. The van der Waals surface area contributed by atoms with Gasteiger partial charge in [0.05, 0.1) is 6.61 Å². The van der Waals surface area contributed by atoms with Crippen molar-refractivity contribution in [2.24, 2.45) is 5.92 Å². The lowest BCUT2D eigenvalue weighted by atomic mass is 10.1. The second kappa shape index (κ2) is 7.33. The van der Waals surface area contributed by atoms with Gasteiger partial charge in [0.1, 0.15) is 11.4 Å². The summed E-state index contributed by atoms with van der Waals surface area (Å²) in [6.07, 6.45) is 3.42. The van der Waals surface area contributed by atoms with Crippen molar-refractivity contribution in [1.29, 1.82) is 0 Å². The highest BCUT2D eigenvalue weighted by Gasteiger charge is 2.18. The van der Waals surface area contributed by atoms with E-state index in [4.69, 9.17) is 4.74 Å². The summed E-state index contributed by atoms with van der Waals surface area (Å²) in [5, 5.41) is 3.89. The molecule has 1 aromatic heterocycles. The van der Waals surface area contributed by atoms with Crippen molar-refractivity contribution >= 4 is 23.5 Å². The molecule has 5 nitrogen and oxygen atoms in total. The molecule has 1 N–H and O–H groups in total. The van der Waals surface area contributed by atoms with Crippen molar-refractivity contribution in [3.63, 3.8) is 0 Å². The summed E-state index contributed by atoms with van der Waals surface area (Å²) in [6, 6.07) is 0.206. The number of nitrogens with zero attached hydrogens (tertiary/aromatic N) is 2. The van der Waals surface area contributed by atoms with Crippen LogP contribution in [0.3, 0.4) is 0 Å². The largest absolute Gasteiger partial charge is 0.462 e. The van der Waals surface area contributed by atoms with Gasteiger partial charge in [0.25, 0.3) is 0 Å². The minimum atomic E-state index is -0.395. The maximum Gasteiger partial charge on any atom is 0.343 e. The second-order valence-corrected chi connectivity index (χ2v) is 5.29. The SMILES string of the molecule is CCOC(=O)c1cnc(SC)nc1NC(C)C(C)C. The van der Waals surface area contributed by atoms with Gasteiger partial charge >= 0.3 is 5.97 Å². The average molecular weight is 283 g/mol. The first kappa shape index (κ1) is 15.8. The van der Waals surface area contributed by atoms with Crippen LogP contribution in [0, 0.1) is 5.92 Å². The third kappa shape index (κ3) is 4.38. The van der Waals surface area contributed by atoms with Gasteiger partial charge in [-0.2, -0.15) is 0 Å². The van der Waals surface area contributed by atoms with Gasteiger partial charge in [-0.1, -0.05) is 25.6 Å². The third-order valence-electron chi connectivity index (χ3n) is 2.81. The van der Waals surface area contributed by atoms with Gasteiger partial charge in [-0.25, -0.2) is 14.8 Å². The highest BCUT2D eigenvalue weighted by atomic mass is 32.2. The van der Waals surface area contributed by atoms with E-state index in [2.05, 4.69) is 36.1 Å². The van der Waals surface area contributed by atoms with Gasteiger partial charge in [-0.3, -0.25) is 0 Å². The smallest absolute Gasteiger partial charge is 0.343 e. The van der Waals surface area contributed by atoms with Gasteiger partial charge in [-0.05, 0) is 26.0 Å². The Hall–Kier alpha value is -1.30. The first-order valence-corrected chi connectivity index (χ1v) is 7.56. The molecule has 1 unspecified atom stereocenters. The zero-order valence-electron chi connectivity index (χ0n) is 12.1. The molecule has 0 aliphatic heterocycles. The van der Waals surface area contributed by atoms with E-state index >= 15 is 0 Å². The van der Waals surface area contributed by atoms with Crippen molar-refractivity contribution < 1.29 is 9.53 Å². The van der Waals surface area contributed by atoms with Crippen LogP contribution in [0.1, 0.15) is 38.1 Å². The molecule has 106 valence electrons. The predicted molar refractivity (Wildman–Crippen MR) is 77.7 cm³/mol. The van der Waals surface area contributed by atoms with Crippen LogP contribution in [0.25, 0.3) is 0 Å². The summed E-state index contributed by atoms with van der Waals surface area (Å²) in [6.45, 7) is 8.39. The van der Waals surface area contributed by atoms with E-state index in [0.29, 0.717) is 29.1 Å². The summed E-state index contributed by atoms with van der Waals surface area (Å²) in [5.41, 5.74) is 0.382. The number of hydrogen-bond acceptors (Lipinski definition) is 6. The first-order valence-electron chi connectivity index (χ1n) is 6.34. The van der Waals surface area contributed by atoms with E-state index in [1.165, 1.54) is 18.0 Å². The summed E-state index contributed by atoms with van der Waals surface area (Å²) >= 11 is 1.44. The number of esters is 1. The number of carbonyl (C=O) groups excluding carboxylic acids is 1. The molecule has 0 bridgehead atoms. The second-order valence-electron chi connectivity index (χ2n) is 4.52. The Kier molecular flexibility index (Phi) is 6.08. The lowest BCUT2D eigenvalue weighted by molar-refractivity contribution is 0.0526. The number of anilines is 1. The molecule has 0 fully saturated rings. The fourth-order valence-electron chi connectivity index (χ4n) is 1.31. The van der Waals surface area contributed by atoms with E-state index in [1.807, 2.05) is 6.26 Å². The molecule has 0 aliphatic carbocycles. The van der Waals surface area contributed by atoms with Gasteiger partial charge in [0.2, 0.25) is 0 Å². The van der Waals surface area contributed by atoms with Gasteiger partial charge < -0.3 is 10.1 Å². The minimum absolute atomic E-state index is 0.206. The van der Waals surface area contributed by atoms with Crippen LogP contribution in [0.15, 0.2) is 11.4 Å². The first-order chi connectivity index (χ1) is 8.99. The number of nitrogens with one attached hydrogen (secondary N) is 1. The van der Waals surface area contributed by atoms with E-state index in [9.17, 15) is 4.79 Å². The normalized spacial score (nSPS) is 12.3. The third-order valence-corrected chi connectivity index (χ3v) is 3.37. The van der Waals surface area contributed by atoms with E-state index in [0.717, 1.165) is 0 Å². The lowest BCUT2D eigenvalue weighted by Gasteiger charge is -2.19. The molecule has 0 radical (unpaired) electrons. The lowest BCUT2D eigenvalue weighted by Crippen LogP contribution is -2.24. The monoisotopic (exact) mass is 283 g/mol. The average Bonchev–Trinajstić information content (AvgIpc) is 2.38. The number of carbonyl (C=O) groups is 1. The summed E-state index contributed by atoms with van der Waals surface area (Å²) in [7, 11) is 0. The molecule has 1 aromatic rings. The van der Waals surface area contributed by atoms with Crippen molar-refractivity contribution in [3.05, 3.63) is 11.8 Å². The molecule has 6 heteroatoms. The van der Waals surface area contributed by atoms with Crippen molar-refractivity contribution in [2.45, 2.75) is 38.9 Å². The fourth-order valence-corrected chi connectivity index (χ4v) is 1.66. The van der Waals surface area contributed by atoms with Crippen LogP contribution in [0.5, 0.6) is 0 Å². The summed E-state index contributed by atoms with van der Waals surface area (Å²) in [4.78, 5) is 20.3. The zero-order valence-corrected chi connectivity index (χ0v) is 12.9. The Morgan fingerprint density at radius 3 is 2.68 bits per heavy atom. The molecule has 0 aliphatic rings. The summed E-state index contributed by atoms with van der Waals surface area (Å²) < 4.78 is 5.02. The minimum Gasteiger partial charge on any atom is -0.462 e. The molecule has 0 saturated heterocycles. The quantitative estimate of drug-likeness (QED) is 0.492. The molecule has 0 saturated carbocycles. The Bertz CT molecular complexity index is 438. The van der Waals surface area contributed by atoms with E-state index in [1.54, 1.807) is 6.92 Å². The van der Waals surface area contributed by atoms with Crippen LogP contribution < -0.4 is 5.32 Å². The number of hydrogen-bond donors (Lipinski definition) is 1. The van der Waals surface area contributed by atoms with Crippen LogP contribution in [0.4, 0.5) is 5.82 Å². The molecular weight excluding hydrogens is 262 g/mol. The molecule has 0 amide bonds. The number of thioether (sulfide) groups is 1. The fraction of sp³-hybridized carbons (Fsp3) is 0.615. The highest BCUT2D eigenvalue weighted by molar-refractivity contribution is 7.98. The Balaban J connectivity index is 3.05. The van der Waals surface area contributed by atoms with Gasteiger partial charge in [0.15, 0.2) is 5.16 Å². The molecule has 0 spiro atoms. The predicted octanol–water partition coefficient (Wildman–Crippen LogP) is 2.83. The van der Waals surface area contributed by atoms with Crippen LogP contribution >= 0.6 is 11.8 Å². The highest BCUT2D eigenvalue weighted by Crippen LogP contribution is 2.19. The van der Waals surface area contributed by atoms with Crippen LogP contribution in [0.2, 0.25) is 0 Å². The molecule has 1 atom stereocenters. The molecule has 0 aromatic carbocycles. The number of rotatable bonds is 6. The maximum atomic E-state index is 11.9. The molecule has 1 rings (SSSR count). The summed E-state index contributed by atoms with van der Waals surface area (Å²) in [5.74, 6) is 0.579. The Labute approximate surface area is 118 Å². The van der Waals surface area contributed by atoms with E-state index in [-0.39, 0.29) is 6.04 Å². The van der Waals surface area contributed by atoms with Crippen molar-refractivity contribution in [3.8, 4) is 0 Å². The maximum absolute atomic E-state index is 11.9. The standard InChI is InChI=1S/C13H21N3O2S/c1-6-18-12(17)10-7-14-13(19-5)16-11(10)15-9(4)8(2)3/h7-9H,6H2,1-5H3,(H,14,15,16). The van der Waals surface area contributed by atoms with Crippen LogP contribution in [-0.4, -0.2) is 34.8 Å². The van der Waals surface area contributed by atoms with Gasteiger partial charge in [0, 0.05) is 12.2 Å². The molecule has 1 heterocycles. The number of aromatic nitrogens is 2. The number of ether oxygens (including phenoxy) is 1. The van der Waals surface area contributed by atoms with E-state index < -0.39 is 5.97 Å². The van der Waals surface area contributed by atoms with Crippen molar-refractivity contribution in [2.75, 3.05) is 18.2 Å². The Morgan fingerprint density at radius 2 is 2.16 bits per heavy atom. The Morgan fingerprint density at radius 1 is 1.47 bits per heavy atom.